The summed E-state index contributed by atoms with van der Waals surface area (Å²) in [6.45, 7) is -0.0273. The van der Waals surface area contributed by atoms with E-state index in [0.717, 1.165) is 27.3 Å². The fourth-order valence-electron chi connectivity index (χ4n) is 4.33. The lowest BCUT2D eigenvalue weighted by Gasteiger charge is -2.27. The van der Waals surface area contributed by atoms with Gasteiger partial charge in [0.15, 0.2) is 0 Å². The molecule has 0 aliphatic heterocycles. The Balaban J connectivity index is 1.49. The van der Waals surface area contributed by atoms with Crippen molar-refractivity contribution >= 4 is 18.1 Å². The van der Waals surface area contributed by atoms with E-state index in [0.29, 0.717) is 5.56 Å². The highest BCUT2D eigenvalue weighted by atomic mass is 16.8. The number of carbonyl (C=O) groups is 3. The molecule has 3 aromatic carbocycles. The maximum atomic E-state index is 12.7. The second-order valence-corrected chi connectivity index (χ2v) is 8.23. The molecule has 0 fully saturated rings. The van der Waals surface area contributed by atoms with Crippen LogP contribution in [0.3, 0.4) is 0 Å². The SMILES string of the molecule is O=C(O)CC[C@H](C(=O)O)N(Cc1ccccc1)OC(=O)OCC1c2ccccc2-c2ccccc21. The zero-order valence-electron chi connectivity index (χ0n) is 18.9. The van der Waals surface area contributed by atoms with E-state index < -0.39 is 30.6 Å². The summed E-state index contributed by atoms with van der Waals surface area (Å²) in [5.41, 5.74) is 4.92. The molecule has 0 amide bonds. The zero-order valence-corrected chi connectivity index (χ0v) is 18.9. The van der Waals surface area contributed by atoms with Crippen LogP contribution in [0.5, 0.6) is 0 Å². The van der Waals surface area contributed by atoms with Gasteiger partial charge in [0.2, 0.25) is 0 Å². The van der Waals surface area contributed by atoms with Gasteiger partial charge < -0.3 is 19.8 Å². The molecule has 4 rings (SSSR count). The highest BCUT2D eigenvalue weighted by molar-refractivity contribution is 5.79. The van der Waals surface area contributed by atoms with Crippen molar-refractivity contribution < 1.29 is 34.2 Å². The number of hydroxylamine groups is 2. The number of nitrogens with zero attached hydrogens (tertiary/aromatic N) is 1. The molecule has 0 saturated heterocycles. The third-order valence-electron chi connectivity index (χ3n) is 5.97. The number of carboxylic acids is 2. The number of aliphatic carboxylic acids is 2. The Morgan fingerprint density at radius 1 is 0.829 bits per heavy atom. The molecule has 1 atom stereocenters. The predicted molar refractivity (Wildman–Crippen MR) is 126 cm³/mol. The third-order valence-corrected chi connectivity index (χ3v) is 5.97. The largest absolute Gasteiger partial charge is 0.527 e. The van der Waals surface area contributed by atoms with Crippen molar-refractivity contribution in [3.8, 4) is 11.1 Å². The van der Waals surface area contributed by atoms with E-state index in [9.17, 15) is 19.5 Å². The van der Waals surface area contributed by atoms with Crippen LogP contribution in [0.4, 0.5) is 4.79 Å². The minimum absolute atomic E-state index is 0.0128. The third kappa shape index (κ3) is 5.67. The van der Waals surface area contributed by atoms with Gasteiger partial charge in [-0.25, -0.2) is 4.79 Å². The smallest absolute Gasteiger partial charge is 0.481 e. The lowest BCUT2D eigenvalue weighted by molar-refractivity contribution is -0.184. The number of fused-ring (bicyclic) bond motifs is 3. The maximum absolute atomic E-state index is 12.7. The summed E-state index contributed by atoms with van der Waals surface area (Å²) in [7, 11) is 0. The van der Waals surface area contributed by atoms with Gasteiger partial charge in [-0.15, -0.1) is 5.06 Å². The molecule has 180 valence electrons. The van der Waals surface area contributed by atoms with Crippen LogP contribution >= 0.6 is 0 Å². The molecule has 0 radical (unpaired) electrons. The second-order valence-electron chi connectivity index (χ2n) is 8.23. The van der Waals surface area contributed by atoms with Crippen LogP contribution in [0.2, 0.25) is 0 Å². The van der Waals surface area contributed by atoms with E-state index in [4.69, 9.17) is 14.7 Å². The van der Waals surface area contributed by atoms with Crippen LogP contribution in [-0.2, 0) is 25.7 Å². The van der Waals surface area contributed by atoms with Crippen molar-refractivity contribution in [2.75, 3.05) is 6.61 Å². The summed E-state index contributed by atoms with van der Waals surface area (Å²) in [6, 6.07) is 23.3. The number of carbonyl (C=O) groups excluding carboxylic acids is 1. The highest BCUT2D eigenvalue weighted by Crippen LogP contribution is 2.44. The van der Waals surface area contributed by atoms with Gasteiger partial charge in [0.25, 0.3) is 0 Å². The van der Waals surface area contributed by atoms with Crippen LogP contribution in [0.1, 0.15) is 35.4 Å². The molecule has 0 saturated carbocycles. The van der Waals surface area contributed by atoms with Crippen molar-refractivity contribution in [1.82, 2.24) is 5.06 Å². The van der Waals surface area contributed by atoms with Gasteiger partial charge in [0.05, 0.1) is 6.54 Å². The summed E-state index contributed by atoms with van der Waals surface area (Å²) in [5, 5.41) is 19.7. The molecule has 2 N–H and O–H groups in total. The van der Waals surface area contributed by atoms with Crippen LogP contribution < -0.4 is 0 Å². The van der Waals surface area contributed by atoms with Gasteiger partial charge in [-0.1, -0.05) is 78.9 Å². The molecule has 0 bridgehead atoms. The number of hydrogen-bond acceptors (Lipinski definition) is 6. The normalized spacial score (nSPS) is 13.1. The van der Waals surface area contributed by atoms with Gasteiger partial charge in [-0.2, -0.15) is 0 Å². The first-order chi connectivity index (χ1) is 16.9. The molecule has 1 aliphatic carbocycles. The van der Waals surface area contributed by atoms with Crippen LogP contribution in [-0.4, -0.2) is 46.0 Å². The standard InChI is InChI=1S/C27H25NO7/c29-25(30)15-14-24(26(31)32)28(16-18-8-2-1-3-9-18)35-27(33)34-17-23-21-12-6-4-10-19(21)20-11-5-7-13-22(20)23/h1-13,23-24H,14-17H2,(H,29,30)(H,31,32)/t24-/m1/s1. The fourth-order valence-corrected chi connectivity index (χ4v) is 4.33. The number of carboxylic acid groups (broad SMARTS) is 2. The maximum Gasteiger partial charge on any atom is 0.527 e. The Morgan fingerprint density at radius 2 is 1.40 bits per heavy atom. The molecule has 0 spiro atoms. The van der Waals surface area contributed by atoms with E-state index in [-0.39, 0.29) is 25.5 Å². The topological polar surface area (TPSA) is 113 Å². The number of rotatable bonds is 10. The average Bonchev–Trinajstić information content (AvgIpc) is 3.17. The molecule has 35 heavy (non-hydrogen) atoms. The first-order valence-electron chi connectivity index (χ1n) is 11.2. The molecule has 1 aliphatic rings. The Morgan fingerprint density at radius 3 is 1.97 bits per heavy atom. The van der Waals surface area contributed by atoms with E-state index in [1.165, 1.54) is 0 Å². The second kappa shape index (κ2) is 10.8. The first kappa shape index (κ1) is 24.0. The number of benzene rings is 3. The highest BCUT2D eigenvalue weighted by Gasteiger charge is 2.32. The molecular weight excluding hydrogens is 450 g/mol. The van der Waals surface area contributed by atoms with Crippen molar-refractivity contribution in [3.05, 3.63) is 95.6 Å². The van der Waals surface area contributed by atoms with Crippen molar-refractivity contribution in [3.63, 3.8) is 0 Å². The van der Waals surface area contributed by atoms with E-state index >= 15 is 0 Å². The molecule has 0 unspecified atom stereocenters. The minimum atomic E-state index is -1.35. The fraction of sp³-hybridized carbons (Fsp3) is 0.222. The van der Waals surface area contributed by atoms with E-state index in [1.54, 1.807) is 30.3 Å². The van der Waals surface area contributed by atoms with Crippen molar-refractivity contribution in [1.29, 1.82) is 0 Å². The monoisotopic (exact) mass is 475 g/mol. The summed E-state index contributed by atoms with van der Waals surface area (Å²) >= 11 is 0. The quantitative estimate of drug-likeness (QED) is 0.321. The average molecular weight is 475 g/mol. The molecule has 8 nitrogen and oxygen atoms in total. The van der Waals surface area contributed by atoms with E-state index in [1.807, 2.05) is 48.5 Å². The molecule has 8 heteroatoms. The van der Waals surface area contributed by atoms with E-state index in [2.05, 4.69) is 0 Å². The molecule has 0 aromatic heterocycles. The lowest BCUT2D eigenvalue weighted by Crippen LogP contribution is -2.42. The predicted octanol–water partition coefficient (Wildman–Crippen LogP) is 4.69. The van der Waals surface area contributed by atoms with Gasteiger partial charge in [0, 0.05) is 12.3 Å². The Labute approximate surface area is 202 Å². The summed E-state index contributed by atoms with van der Waals surface area (Å²) in [6.07, 6.45) is -1.69. The van der Waals surface area contributed by atoms with Gasteiger partial charge >= 0.3 is 18.1 Å². The summed E-state index contributed by atoms with van der Waals surface area (Å²) in [5.74, 6) is -2.62. The molecule has 0 heterocycles. The zero-order chi connectivity index (χ0) is 24.8. The first-order valence-corrected chi connectivity index (χ1v) is 11.2. The van der Waals surface area contributed by atoms with Crippen LogP contribution in [0, 0.1) is 0 Å². The Bertz CT molecular complexity index is 1170. The Kier molecular flexibility index (Phi) is 7.42. The number of ether oxygens (including phenoxy) is 1. The Hall–Kier alpha value is -4.17. The van der Waals surface area contributed by atoms with Crippen LogP contribution in [0.25, 0.3) is 11.1 Å². The van der Waals surface area contributed by atoms with Crippen molar-refractivity contribution in [2.24, 2.45) is 0 Å². The van der Waals surface area contributed by atoms with Crippen LogP contribution in [0.15, 0.2) is 78.9 Å². The number of hydrogen-bond donors (Lipinski definition) is 2. The van der Waals surface area contributed by atoms with Gasteiger partial charge in [-0.3, -0.25) is 9.59 Å². The van der Waals surface area contributed by atoms with Gasteiger partial charge in [0.1, 0.15) is 12.6 Å². The minimum Gasteiger partial charge on any atom is -0.481 e. The summed E-state index contributed by atoms with van der Waals surface area (Å²) in [4.78, 5) is 41.0. The van der Waals surface area contributed by atoms with Crippen molar-refractivity contribution in [2.45, 2.75) is 31.3 Å². The lowest BCUT2D eigenvalue weighted by atomic mass is 9.98. The summed E-state index contributed by atoms with van der Waals surface area (Å²) < 4.78 is 5.45. The van der Waals surface area contributed by atoms with Gasteiger partial charge in [-0.05, 0) is 34.2 Å². The molecular formula is C27H25NO7. The molecule has 3 aromatic rings.